The van der Waals surface area contributed by atoms with Crippen LogP contribution in [0.4, 0.5) is 22.0 Å². The van der Waals surface area contributed by atoms with E-state index in [9.17, 15) is 22.0 Å². The second kappa shape index (κ2) is 4.18. The van der Waals surface area contributed by atoms with Gasteiger partial charge in [0.1, 0.15) is 0 Å². The van der Waals surface area contributed by atoms with E-state index < -0.39 is 23.8 Å². The van der Waals surface area contributed by atoms with E-state index in [1.54, 1.807) is 0 Å². The number of aliphatic hydroxyl groups excluding tert-OH is 1. The second-order valence-electron chi connectivity index (χ2n) is 3.08. The smallest absolute Gasteiger partial charge is 0.382 e. The predicted octanol–water partition coefficient (Wildman–Crippen LogP) is 3.57. The third-order valence-electron chi connectivity index (χ3n) is 1.89. The Labute approximate surface area is 92.5 Å². The number of hydrogen-bond donors (Lipinski definition) is 1. The summed E-state index contributed by atoms with van der Waals surface area (Å²) < 4.78 is 61.2. The Balaban J connectivity index is 3.07. The highest BCUT2D eigenvalue weighted by atomic mass is 35.5. The highest BCUT2D eigenvalue weighted by Gasteiger charge is 2.62. The van der Waals surface area contributed by atoms with Gasteiger partial charge in [0.25, 0.3) is 0 Å². The average Bonchev–Trinajstić information content (AvgIpc) is 2.14. The molecule has 1 unspecified atom stereocenters. The zero-order valence-electron chi connectivity index (χ0n) is 7.60. The molecule has 0 saturated heterocycles. The van der Waals surface area contributed by atoms with Gasteiger partial charge < -0.3 is 5.11 Å². The molecule has 0 aliphatic carbocycles. The molecule has 0 aliphatic rings. The van der Waals surface area contributed by atoms with Crippen LogP contribution in [0.15, 0.2) is 24.3 Å². The molecule has 0 aliphatic heterocycles. The Bertz CT molecular complexity index is 376. The molecule has 0 heterocycles. The van der Waals surface area contributed by atoms with Crippen LogP contribution in [0.1, 0.15) is 11.7 Å². The van der Waals surface area contributed by atoms with Gasteiger partial charge in [-0.1, -0.05) is 23.7 Å². The minimum Gasteiger partial charge on any atom is -0.382 e. The summed E-state index contributed by atoms with van der Waals surface area (Å²) in [5.41, 5.74) is -0.588. The largest absolute Gasteiger partial charge is 0.456 e. The van der Waals surface area contributed by atoms with Gasteiger partial charge in [-0.25, -0.2) is 0 Å². The van der Waals surface area contributed by atoms with Gasteiger partial charge >= 0.3 is 12.1 Å². The third kappa shape index (κ3) is 2.44. The molecular formula is C9H6ClF5O. The van der Waals surface area contributed by atoms with E-state index in [-0.39, 0.29) is 5.02 Å². The van der Waals surface area contributed by atoms with Gasteiger partial charge in [0.05, 0.1) is 0 Å². The molecule has 0 amide bonds. The first-order valence-corrected chi connectivity index (χ1v) is 4.42. The lowest BCUT2D eigenvalue weighted by atomic mass is 10.0. The van der Waals surface area contributed by atoms with Crippen LogP contribution in [0.5, 0.6) is 0 Å². The minimum atomic E-state index is -5.81. The normalized spacial score (nSPS) is 14.9. The van der Waals surface area contributed by atoms with E-state index >= 15 is 0 Å². The minimum absolute atomic E-state index is 0.0328. The first-order valence-electron chi connectivity index (χ1n) is 4.04. The SMILES string of the molecule is OC(c1cccc(Cl)c1)C(F)(F)C(F)(F)F. The molecule has 1 atom stereocenters. The molecular weight excluding hydrogens is 255 g/mol. The summed E-state index contributed by atoms with van der Waals surface area (Å²) in [6.07, 6.45) is -8.78. The average molecular weight is 261 g/mol. The first-order chi connectivity index (χ1) is 7.16. The summed E-state index contributed by atoms with van der Waals surface area (Å²) in [4.78, 5) is 0. The molecule has 90 valence electrons. The van der Waals surface area contributed by atoms with Gasteiger partial charge in [-0.3, -0.25) is 0 Å². The number of aliphatic hydroxyl groups is 1. The van der Waals surface area contributed by atoms with Crippen LogP contribution in [0, 0.1) is 0 Å². The summed E-state index contributed by atoms with van der Waals surface area (Å²) in [5.74, 6) is -5.21. The number of hydrogen-bond acceptors (Lipinski definition) is 1. The van der Waals surface area contributed by atoms with Gasteiger partial charge in [-0.15, -0.1) is 0 Å². The summed E-state index contributed by atoms with van der Waals surface area (Å²) in [6.45, 7) is 0. The Morgan fingerprint density at radius 3 is 2.12 bits per heavy atom. The van der Waals surface area contributed by atoms with Crippen molar-refractivity contribution < 1.29 is 27.1 Å². The zero-order valence-corrected chi connectivity index (χ0v) is 8.36. The van der Waals surface area contributed by atoms with Crippen LogP contribution in [-0.2, 0) is 0 Å². The van der Waals surface area contributed by atoms with Crippen molar-refractivity contribution in [3.05, 3.63) is 34.9 Å². The number of halogens is 6. The molecule has 16 heavy (non-hydrogen) atoms. The molecule has 0 fully saturated rings. The molecule has 0 aromatic heterocycles. The topological polar surface area (TPSA) is 20.2 Å². The van der Waals surface area contributed by atoms with Crippen molar-refractivity contribution in [2.24, 2.45) is 0 Å². The lowest BCUT2D eigenvalue weighted by Gasteiger charge is -2.25. The fourth-order valence-corrected chi connectivity index (χ4v) is 1.24. The van der Waals surface area contributed by atoms with Crippen LogP contribution in [-0.4, -0.2) is 17.2 Å². The highest BCUT2D eigenvalue weighted by Crippen LogP contribution is 2.44. The molecule has 1 N–H and O–H groups in total. The quantitative estimate of drug-likeness (QED) is 0.806. The summed E-state index contributed by atoms with van der Waals surface area (Å²) in [5, 5.41) is 8.95. The van der Waals surface area contributed by atoms with Gasteiger partial charge in [0.2, 0.25) is 0 Å². The van der Waals surface area contributed by atoms with Crippen LogP contribution in [0.2, 0.25) is 5.02 Å². The monoisotopic (exact) mass is 260 g/mol. The van der Waals surface area contributed by atoms with Crippen LogP contribution in [0.3, 0.4) is 0 Å². The van der Waals surface area contributed by atoms with Crippen molar-refractivity contribution in [2.75, 3.05) is 0 Å². The Morgan fingerprint density at radius 2 is 1.69 bits per heavy atom. The van der Waals surface area contributed by atoms with Crippen molar-refractivity contribution in [3.8, 4) is 0 Å². The van der Waals surface area contributed by atoms with Gasteiger partial charge in [0.15, 0.2) is 6.10 Å². The predicted molar refractivity (Wildman–Crippen MR) is 47.4 cm³/mol. The van der Waals surface area contributed by atoms with Crippen LogP contribution >= 0.6 is 11.6 Å². The first kappa shape index (κ1) is 13.2. The zero-order chi connectivity index (χ0) is 12.6. The van der Waals surface area contributed by atoms with E-state index in [0.29, 0.717) is 0 Å². The molecule has 0 radical (unpaired) electrons. The van der Waals surface area contributed by atoms with Crippen molar-refractivity contribution in [2.45, 2.75) is 18.2 Å². The Hall–Kier alpha value is -0.880. The highest BCUT2D eigenvalue weighted by molar-refractivity contribution is 6.30. The molecule has 1 aromatic rings. The van der Waals surface area contributed by atoms with Crippen LogP contribution < -0.4 is 0 Å². The van der Waals surface area contributed by atoms with E-state index in [4.69, 9.17) is 16.7 Å². The van der Waals surface area contributed by atoms with E-state index in [1.165, 1.54) is 12.1 Å². The summed E-state index contributed by atoms with van der Waals surface area (Å²) in [6, 6.07) is 4.26. The molecule has 1 aromatic carbocycles. The van der Waals surface area contributed by atoms with Gasteiger partial charge in [-0.05, 0) is 17.7 Å². The maximum absolute atomic E-state index is 12.7. The Morgan fingerprint density at radius 1 is 1.12 bits per heavy atom. The van der Waals surface area contributed by atoms with Crippen molar-refractivity contribution >= 4 is 11.6 Å². The van der Waals surface area contributed by atoms with Gasteiger partial charge in [-0.2, -0.15) is 22.0 Å². The maximum atomic E-state index is 12.7. The second-order valence-corrected chi connectivity index (χ2v) is 3.51. The fraction of sp³-hybridized carbons (Fsp3) is 0.333. The number of alkyl halides is 5. The molecule has 1 rings (SSSR count). The molecule has 7 heteroatoms. The summed E-state index contributed by atoms with van der Waals surface area (Å²) >= 11 is 5.42. The third-order valence-corrected chi connectivity index (χ3v) is 2.12. The van der Waals surface area contributed by atoms with Crippen LogP contribution in [0.25, 0.3) is 0 Å². The van der Waals surface area contributed by atoms with Crippen molar-refractivity contribution in [3.63, 3.8) is 0 Å². The maximum Gasteiger partial charge on any atom is 0.456 e. The standard InChI is InChI=1S/C9H6ClF5O/c10-6-3-1-2-5(4-6)7(16)8(11,12)9(13,14)15/h1-4,7,16H. The molecule has 0 bridgehead atoms. The molecule has 1 nitrogen and oxygen atoms in total. The van der Waals surface area contributed by atoms with Gasteiger partial charge in [0, 0.05) is 5.02 Å². The van der Waals surface area contributed by atoms with Crippen molar-refractivity contribution in [1.29, 1.82) is 0 Å². The number of rotatable bonds is 2. The van der Waals surface area contributed by atoms with Crippen molar-refractivity contribution in [1.82, 2.24) is 0 Å². The fourth-order valence-electron chi connectivity index (χ4n) is 1.04. The molecule has 0 saturated carbocycles. The number of benzene rings is 1. The van der Waals surface area contributed by atoms with E-state index in [2.05, 4.69) is 0 Å². The van der Waals surface area contributed by atoms with E-state index in [0.717, 1.165) is 12.1 Å². The lowest BCUT2D eigenvalue weighted by molar-refractivity contribution is -0.315. The summed E-state index contributed by atoms with van der Waals surface area (Å²) in [7, 11) is 0. The Kier molecular flexibility index (Phi) is 3.44. The molecule has 0 spiro atoms. The lowest BCUT2D eigenvalue weighted by Crippen LogP contribution is -2.42. The van der Waals surface area contributed by atoms with E-state index in [1.807, 2.05) is 0 Å².